The van der Waals surface area contributed by atoms with E-state index in [0.29, 0.717) is 16.7 Å². The second-order valence-corrected chi connectivity index (χ2v) is 5.22. The van der Waals surface area contributed by atoms with Crippen molar-refractivity contribution in [3.8, 4) is 11.1 Å². The number of fused-ring (bicyclic) bond motifs is 1. The SMILES string of the molecule is Cc1c(C(=O)O)cc2cnc(C(F)(F)F)nc2c1-c1ccccc1. The van der Waals surface area contributed by atoms with Crippen molar-refractivity contribution in [2.45, 2.75) is 13.1 Å². The number of nitrogens with zero attached hydrogens (tertiary/aromatic N) is 2. The molecule has 0 radical (unpaired) electrons. The molecular weight excluding hydrogens is 321 g/mol. The van der Waals surface area contributed by atoms with E-state index in [1.165, 1.54) is 6.07 Å². The Morgan fingerprint density at radius 1 is 1.17 bits per heavy atom. The molecule has 0 amide bonds. The van der Waals surface area contributed by atoms with Crippen LogP contribution in [0.3, 0.4) is 0 Å². The van der Waals surface area contributed by atoms with Gasteiger partial charge in [0.05, 0.1) is 11.1 Å². The third kappa shape index (κ3) is 2.68. The molecule has 0 aliphatic carbocycles. The minimum absolute atomic E-state index is 0.00436. The summed E-state index contributed by atoms with van der Waals surface area (Å²) in [5.74, 6) is -2.42. The van der Waals surface area contributed by atoms with Crippen molar-refractivity contribution in [1.29, 1.82) is 0 Å². The lowest BCUT2D eigenvalue weighted by molar-refractivity contribution is -0.144. The number of carboxylic acid groups (broad SMARTS) is 1. The van der Waals surface area contributed by atoms with Gasteiger partial charge in [-0.15, -0.1) is 0 Å². The minimum atomic E-state index is -4.68. The van der Waals surface area contributed by atoms with Gasteiger partial charge in [-0.25, -0.2) is 14.8 Å². The van der Waals surface area contributed by atoms with Crippen LogP contribution in [0, 0.1) is 6.92 Å². The van der Waals surface area contributed by atoms with E-state index in [1.807, 2.05) is 0 Å². The number of halogens is 3. The molecule has 4 nitrogen and oxygen atoms in total. The number of rotatable bonds is 2. The third-order valence-electron chi connectivity index (χ3n) is 3.68. The molecule has 0 atom stereocenters. The summed E-state index contributed by atoms with van der Waals surface area (Å²) in [6.07, 6.45) is -3.68. The molecular formula is C17H11F3N2O2. The normalized spacial score (nSPS) is 11.7. The summed E-state index contributed by atoms with van der Waals surface area (Å²) in [6.45, 7) is 1.56. The van der Waals surface area contributed by atoms with Gasteiger partial charge in [0.15, 0.2) is 0 Å². The summed E-state index contributed by atoms with van der Waals surface area (Å²) in [5, 5.41) is 9.60. The van der Waals surface area contributed by atoms with Crippen LogP contribution in [0.5, 0.6) is 0 Å². The molecule has 24 heavy (non-hydrogen) atoms. The molecule has 0 fully saturated rings. The molecule has 1 N–H and O–H groups in total. The first-order valence-corrected chi connectivity index (χ1v) is 6.95. The smallest absolute Gasteiger partial charge is 0.451 e. The first kappa shape index (κ1) is 15.9. The first-order chi connectivity index (χ1) is 11.3. The standard InChI is InChI=1S/C17H11F3N2O2/c1-9-12(15(23)24)7-11-8-21-16(17(18,19)20)22-14(11)13(9)10-5-3-2-4-6-10/h2-8H,1H3,(H,23,24). The van der Waals surface area contributed by atoms with Crippen LogP contribution < -0.4 is 0 Å². The Balaban J connectivity index is 2.43. The minimum Gasteiger partial charge on any atom is -0.478 e. The topological polar surface area (TPSA) is 63.1 Å². The lowest BCUT2D eigenvalue weighted by atomic mass is 9.93. The highest BCUT2D eigenvalue weighted by Crippen LogP contribution is 2.35. The van der Waals surface area contributed by atoms with Gasteiger partial charge < -0.3 is 5.11 Å². The van der Waals surface area contributed by atoms with Gasteiger partial charge in [0, 0.05) is 17.1 Å². The van der Waals surface area contributed by atoms with Crippen LogP contribution in [-0.2, 0) is 6.18 Å². The highest BCUT2D eigenvalue weighted by Gasteiger charge is 2.35. The van der Waals surface area contributed by atoms with Crippen molar-refractivity contribution >= 4 is 16.9 Å². The Hall–Kier alpha value is -2.96. The molecule has 7 heteroatoms. The van der Waals surface area contributed by atoms with Crippen LogP contribution in [-0.4, -0.2) is 21.0 Å². The van der Waals surface area contributed by atoms with Crippen LogP contribution in [0.4, 0.5) is 13.2 Å². The van der Waals surface area contributed by atoms with Gasteiger partial charge in [0.2, 0.25) is 5.82 Å². The second-order valence-electron chi connectivity index (χ2n) is 5.22. The van der Waals surface area contributed by atoms with Crippen molar-refractivity contribution in [2.24, 2.45) is 0 Å². The largest absolute Gasteiger partial charge is 0.478 e. The van der Waals surface area contributed by atoms with Crippen LogP contribution in [0.2, 0.25) is 0 Å². The molecule has 0 aliphatic heterocycles. The molecule has 3 rings (SSSR count). The van der Waals surface area contributed by atoms with E-state index in [-0.39, 0.29) is 16.5 Å². The van der Waals surface area contributed by atoms with E-state index in [0.717, 1.165) is 6.20 Å². The summed E-state index contributed by atoms with van der Waals surface area (Å²) in [5.41, 5.74) is 1.39. The van der Waals surface area contributed by atoms with Gasteiger partial charge in [-0.1, -0.05) is 30.3 Å². The molecule has 2 aromatic carbocycles. The summed E-state index contributed by atoms with van der Waals surface area (Å²) in [4.78, 5) is 18.4. The number of alkyl halides is 3. The number of hydrogen-bond acceptors (Lipinski definition) is 3. The van der Waals surface area contributed by atoms with Gasteiger partial charge in [-0.2, -0.15) is 13.2 Å². The summed E-state index contributed by atoms with van der Waals surface area (Å²) < 4.78 is 38.8. The zero-order valence-electron chi connectivity index (χ0n) is 12.4. The summed E-state index contributed by atoms with van der Waals surface area (Å²) in [6, 6.07) is 9.89. The van der Waals surface area contributed by atoms with Crippen LogP contribution in [0.15, 0.2) is 42.6 Å². The van der Waals surface area contributed by atoms with Crippen LogP contribution in [0.1, 0.15) is 21.7 Å². The zero-order valence-corrected chi connectivity index (χ0v) is 12.4. The lowest BCUT2D eigenvalue weighted by Crippen LogP contribution is -2.12. The Bertz CT molecular complexity index is 938. The monoisotopic (exact) mass is 332 g/mol. The number of hydrogen-bond donors (Lipinski definition) is 1. The maximum absolute atomic E-state index is 12.9. The molecule has 0 spiro atoms. The molecule has 0 unspecified atom stereocenters. The van der Waals surface area contributed by atoms with Crippen molar-refractivity contribution in [3.63, 3.8) is 0 Å². The van der Waals surface area contributed by atoms with Crippen LogP contribution in [0.25, 0.3) is 22.0 Å². The Kier molecular flexibility index (Phi) is 3.71. The fraction of sp³-hybridized carbons (Fsp3) is 0.118. The molecule has 1 heterocycles. The zero-order chi connectivity index (χ0) is 17.5. The summed E-state index contributed by atoms with van der Waals surface area (Å²) >= 11 is 0. The van der Waals surface area contributed by atoms with Crippen molar-refractivity contribution < 1.29 is 23.1 Å². The second kappa shape index (κ2) is 5.59. The van der Waals surface area contributed by atoms with Gasteiger partial charge in [0.1, 0.15) is 0 Å². The molecule has 3 aromatic rings. The van der Waals surface area contributed by atoms with E-state index in [2.05, 4.69) is 9.97 Å². The van der Waals surface area contributed by atoms with Crippen molar-refractivity contribution in [2.75, 3.05) is 0 Å². The Morgan fingerprint density at radius 2 is 1.83 bits per heavy atom. The number of aromatic carboxylic acids is 1. The lowest BCUT2D eigenvalue weighted by Gasteiger charge is -2.14. The average Bonchev–Trinajstić information content (AvgIpc) is 2.53. The fourth-order valence-corrected chi connectivity index (χ4v) is 2.59. The highest BCUT2D eigenvalue weighted by molar-refractivity contribution is 6.03. The Labute approximate surface area is 134 Å². The predicted octanol–water partition coefficient (Wildman–Crippen LogP) is 4.32. The van der Waals surface area contributed by atoms with Crippen molar-refractivity contribution in [1.82, 2.24) is 9.97 Å². The molecule has 122 valence electrons. The number of carbonyl (C=O) groups is 1. The quantitative estimate of drug-likeness (QED) is 0.759. The third-order valence-corrected chi connectivity index (χ3v) is 3.68. The molecule has 0 saturated carbocycles. The molecule has 0 saturated heterocycles. The number of carboxylic acids is 1. The van der Waals surface area contributed by atoms with Gasteiger partial charge >= 0.3 is 12.1 Å². The fourth-order valence-electron chi connectivity index (χ4n) is 2.59. The van der Waals surface area contributed by atoms with E-state index in [4.69, 9.17) is 0 Å². The van der Waals surface area contributed by atoms with Crippen LogP contribution >= 0.6 is 0 Å². The van der Waals surface area contributed by atoms with Crippen molar-refractivity contribution in [3.05, 3.63) is 59.5 Å². The predicted molar refractivity (Wildman–Crippen MR) is 81.7 cm³/mol. The number of aromatic nitrogens is 2. The van der Waals surface area contributed by atoms with E-state index in [1.54, 1.807) is 37.3 Å². The maximum atomic E-state index is 12.9. The van der Waals surface area contributed by atoms with E-state index in [9.17, 15) is 23.1 Å². The molecule has 1 aromatic heterocycles. The van der Waals surface area contributed by atoms with Gasteiger partial charge in [0.25, 0.3) is 0 Å². The van der Waals surface area contributed by atoms with Gasteiger partial charge in [-0.3, -0.25) is 0 Å². The Morgan fingerprint density at radius 3 is 2.42 bits per heavy atom. The molecule has 0 aliphatic rings. The number of benzene rings is 2. The van der Waals surface area contributed by atoms with E-state index >= 15 is 0 Å². The highest BCUT2D eigenvalue weighted by atomic mass is 19.4. The summed E-state index contributed by atoms with van der Waals surface area (Å²) in [7, 11) is 0. The average molecular weight is 332 g/mol. The molecule has 0 bridgehead atoms. The first-order valence-electron chi connectivity index (χ1n) is 6.95. The maximum Gasteiger partial charge on any atom is 0.451 e. The van der Waals surface area contributed by atoms with E-state index < -0.39 is 18.0 Å². The van der Waals surface area contributed by atoms with Gasteiger partial charge in [-0.05, 0) is 24.1 Å².